The van der Waals surface area contributed by atoms with Crippen LogP contribution in [0.4, 0.5) is 51.4 Å². The van der Waals surface area contributed by atoms with E-state index >= 15 is 0 Å². The van der Waals surface area contributed by atoms with E-state index in [1.165, 1.54) is 5.39 Å². The zero-order valence-corrected chi connectivity index (χ0v) is 45.6. The van der Waals surface area contributed by atoms with Crippen LogP contribution < -0.4 is 14.7 Å². The molecule has 0 saturated heterocycles. The molecule has 0 N–H and O–H groups in total. The van der Waals surface area contributed by atoms with Gasteiger partial charge in [0, 0.05) is 83.9 Å². The number of fused-ring (bicyclic) bond motifs is 9. The number of aromatic nitrogens is 5. The minimum atomic E-state index is 0.513. The maximum absolute atomic E-state index is 5.80. The molecule has 0 aliphatic rings. The lowest BCUT2D eigenvalue weighted by Crippen LogP contribution is -2.16. The molecule has 0 atom stereocenters. The summed E-state index contributed by atoms with van der Waals surface area (Å²) in [5, 5.41) is 6.78. The molecule has 12 aromatic carbocycles. The van der Waals surface area contributed by atoms with Crippen LogP contribution >= 0.6 is 0 Å². The van der Waals surface area contributed by atoms with Crippen molar-refractivity contribution in [3.8, 4) is 17.3 Å². The molecule has 84 heavy (non-hydrogen) atoms. The molecule has 0 fully saturated rings. The van der Waals surface area contributed by atoms with Crippen LogP contribution in [0.15, 0.2) is 315 Å². The molecule has 0 aliphatic carbocycles. The molecule has 16 rings (SSSR count). The summed E-state index contributed by atoms with van der Waals surface area (Å²) >= 11 is 0. The first-order valence-corrected chi connectivity index (χ1v) is 28.4. The van der Waals surface area contributed by atoms with Gasteiger partial charge in [-0.3, -0.25) is 14.0 Å². The van der Waals surface area contributed by atoms with Crippen LogP contribution in [0.25, 0.3) is 82.7 Å². The number of anilines is 9. The Bertz CT molecular complexity index is 4780. The third-order valence-electron chi connectivity index (χ3n) is 16.2. The van der Waals surface area contributed by atoms with Crippen molar-refractivity contribution in [1.29, 1.82) is 0 Å². The Hall–Kier alpha value is -11.5. The Morgan fingerprint density at radius 2 is 0.512 bits per heavy atom. The van der Waals surface area contributed by atoms with Gasteiger partial charge in [0.1, 0.15) is 11.6 Å². The number of benzene rings is 12. The molecule has 8 nitrogen and oxygen atoms in total. The number of rotatable bonds is 12. The molecule has 0 saturated carbocycles. The van der Waals surface area contributed by atoms with Gasteiger partial charge in [-0.1, -0.05) is 170 Å². The molecule has 4 aromatic heterocycles. The van der Waals surface area contributed by atoms with E-state index in [0.29, 0.717) is 5.95 Å². The Labute approximate surface area is 485 Å². The molecular formula is C76H52N8. The fraction of sp³-hybridized carbons (Fsp3) is 0. The first kappa shape index (κ1) is 48.4. The molecule has 0 amide bonds. The zero-order chi connectivity index (χ0) is 55.5. The van der Waals surface area contributed by atoms with Crippen LogP contribution in [-0.4, -0.2) is 23.7 Å². The number of nitrogens with zero attached hydrogens (tertiary/aromatic N) is 8. The van der Waals surface area contributed by atoms with E-state index in [1.807, 2.05) is 0 Å². The average molecular weight is 1080 g/mol. The highest BCUT2D eigenvalue weighted by molar-refractivity contribution is 6.13. The maximum Gasteiger partial charge on any atom is 0.238 e. The van der Waals surface area contributed by atoms with E-state index < -0.39 is 0 Å². The molecular weight excluding hydrogens is 1020 g/mol. The molecule has 0 radical (unpaired) electrons. The van der Waals surface area contributed by atoms with Crippen LogP contribution in [0.5, 0.6) is 0 Å². The smallest absolute Gasteiger partial charge is 0.238 e. The van der Waals surface area contributed by atoms with Gasteiger partial charge in [0.2, 0.25) is 5.95 Å². The third kappa shape index (κ3) is 8.15. The fourth-order valence-corrected chi connectivity index (χ4v) is 12.5. The summed E-state index contributed by atoms with van der Waals surface area (Å²) in [4.78, 5) is 18.5. The zero-order valence-electron chi connectivity index (χ0n) is 45.6. The second kappa shape index (κ2) is 20.3. The predicted octanol–water partition coefficient (Wildman–Crippen LogP) is 20.2. The standard InChI is InChI=1S/C76H52N8/c1-7-25-53(26-8-1)79(54-27-9-2-10-28-54)59-44-47-71-66(49-59)63-38-20-23-41-69(63)83(71)74-52-75(84-70-42-24-21-39-64(70)67-50-60(45-48-72(67)84)80(55-29-11-3-12-30-55)56-31-13-4-14-32-56)78-76(77-74)81(57-33-15-5-16-34-57)61-43-46-65-62-37-19-22-40-68(62)82(73(65)51-61)58-35-17-6-18-36-58/h1-52H. The summed E-state index contributed by atoms with van der Waals surface area (Å²) in [5.74, 6) is 1.96. The van der Waals surface area contributed by atoms with Crippen molar-refractivity contribution in [2.24, 2.45) is 0 Å². The monoisotopic (exact) mass is 1080 g/mol. The van der Waals surface area contributed by atoms with Crippen molar-refractivity contribution < 1.29 is 0 Å². The molecule has 8 heteroatoms. The molecule has 4 heterocycles. The van der Waals surface area contributed by atoms with Gasteiger partial charge < -0.3 is 14.4 Å². The lowest BCUT2D eigenvalue weighted by Gasteiger charge is -2.26. The maximum atomic E-state index is 5.80. The molecule has 0 aliphatic heterocycles. The molecule has 0 bridgehead atoms. The summed E-state index contributed by atoms with van der Waals surface area (Å²) in [6.45, 7) is 0. The van der Waals surface area contributed by atoms with Crippen LogP contribution in [0.2, 0.25) is 0 Å². The second-order valence-electron chi connectivity index (χ2n) is 21.1. The Kier molecular flexibility index (Phi) is 11.7. The van der Waals surface area contributed by atoms with Crippen LogP contribution in [0.1, 0.15) is 0 Å². The molecule has 0 spiro atoms. The predicted molar refractivity (Wildman–Crippen MR) is 349 cm³/mol. The van der Waals surface area contributed by atoms with Crippen molar-refractivity contribution in [2.75, 3.05) is 14.7 Å². The molecule has 16 aromatic rings. The lowest BCUT2D eigenvalue weighted by molar-refractivity contribution is 0.967. The van der Waals surface area contributed by atoms with Crippen LogP contribution in [0.3, 0.4) is 0 Å². The van der Waals surface area contributed by atoms with Gasteiger partial charge in [0.05, 0.1) is 38.8 Å². The first-order chi connectivity index (χ1) is 41.7. The van der Waals surface area contributed by atoms with Crippen molar-refractivity contribution in [2.45, 2.75) is 0 Å². The van der Waals surface area contributed by atoms with Crippen LogP contribution in [0, 0.1) is 0 Å². The summed E-state index contributed by atoms with van der Waals surface area (Å²) in [7, 11) is 0. The summed E-state index contributed by atoms with van der Waals surface area (Å²) in [5.41, 5.74) is 15.6. The minimum Gasteiger partial charge on any atom is -0.310 e. The quantitative estimate of drug-likeness (QED) is 0.122. The minimum absolute atomic E-state index is 0.513. The van der Waals surface area contributed by atoms with Gasteiger partial charge in [0.15, 0.2) is 0 Å². The van der Waals surface area contributed by atoms with Crippen molar-refractivity contribution in [3.05, 3.63) is 315 Å². The lowest BCUT2D eigenvalue weighted by atomic mass is 10.1. The summed E-state index contributed by atoms with van der Waals surface area (Å²) < 4.78 is 7.01. The summed E-state index contributed by atoms with van der Waals surface area (Å²) in [6.07, 6.45) is 0. The highest BCUT2D eigenvalue weighted by Gasteiger charge is 2.26. The van der Waals surface area contributed by atoms with Gasteiger partial charge in [-0.05, 0) is 140 Å². The summed E-state index contributed by atoms with van der Waals surface area (Å²) in [6, 6.07) is 112. The van der Waals surface area contributed by atoms with Crippen molar-refractivity contribution >= 4 is 117 Å². The van der Waals surface area contributed by atoms with Gasteiger partial charge >= 0.3 is 0 Å². The molecule has 396 valence electrons. The van der Waals surface area contributed by atoms with E-state index in [4.69, 9.17) is 9.97 Å². The second-order valence-corrected chi connectivity index (χ2v) is 21.1. The largest absolute Gasteiger partial charge is 0.310 e. The van der Waals surface area contributed by atoms with E-state index in [9.17, 15) is 0 Å². The topological polar surface area (TPSA) is 50.3 Å². The normalized spacial score (nSPS) is 11.6. The van der Waals surface area contributed by atoms with E-state index in [-0.39, 0.29) is 0 Å². The van der Waals surface area contributed by atoms with Crippen molar-refractivity contribution in [1.82, 2.24) is 23.7 Å². The molecule has 0 unspecified atom stereocenters. The van der Waals surface area contributed by atoms with Gasteiger partial charge in [-0.15, -0.1) is 0 Å². The van der Waals surface area contributed by atoms with Gasteiger partial charge in [0.25, 0.3) is 0 Å². The van der Waals surface area contributed by atoms with Gasteiger partial charge in [-0.25, -0.2) is 0 Å². The average Bonchev–Trinajstić information content (AvgIpc) is 4.38. The fourth-order valence-electron chi connectivity index (χ4n) is 12.5. The Balaban J connectivity index is 0.965. The van der Waals surface area contributed by atoms with Gasteiger partial charge in [-0.2, -0.15) is 9.97 Å². The van der Waals surface area contributed by atoms with Crippen molar-refractivity contribution in [3.63, 3.8) is 0 Å². The van der Waals surface area contributed by atoms with E-state index in [0.717, 1.165) is 123 Å². The number of hydrogen-bond donors (Lipinski definition) is 0. The Morgan fingerprint density at radius 3 is 0.940 bits per heavy atom. The number of hydrogen-bond acceptors (Lipinski definition) is 5. The van der Waals surface area contributed by atoms with E-state index in [1.54, 1.807) is 0 Å². The third-order valence-corrected chi connectivity index (χ3v) is 16.2. The van der Waals surface area contributed by atoms with Crippen LogP contribution in [-0.2, 0) is 0 Å². The SMILES string of the molecule is c1ccc(N(c2ccccc2)c2ccc3c(c2)c2ccccc2n3-c2cc(-n3c4ccccc4c4cc(N(c5ccccc5)c5ccccc5)ccc43)nc(N(c3ccccc3)c3ccc4c5ccccc5n(-c5ccccc5)c4c3)n2)cc1. The Morgan fingerprint density at radius 1 is 0.202 bits per heavy atom. The highest BCUT2D eigenvalue weighted by Crippen LogP contribution is 2.45. The highest BCUT2D eigenvalue weighted by atomic mass is 15.3. The number of para-hydroxylation sites is 9. The van der Waals surface area contributed by atoms with E-state index in [2.05, 4.69) is 344 Å². The first-order valence-electron chi connectivity index (χ1n) is 28.4.